The molecule has 2 amide bonds. The molecule has 0 fully saturated rings. The van der Waals surface area contributed by atoms with E-state index in [9.17, 15) is 9.18 Å². The molecule has 0 heterocycles. The molecule has 13 heavy (non-hydrogen) atoms. The lowest BCUT2D eigenvalue weighted by Crippen LogP contribution is -2.27. The van der Waals surface area contributed by atoms with Gasteiger partial charge in [0.25, 0.3) is 0 Å². The average Bonchev–Trinajstić information content (AvgIpc) is 2.02. The Balaban J connectivity index is 4.46. The number of nitrogens with two attached hydrogens (primary N) is 1. The minimum atomic E-state index is -0.740. The van der Waals surface area contributed by atoms with Crippen molar-refractivity contribution < 1.29 is 9.18 Å². The Morgan fingerprint density at radius 3 is 2.69 bits per heavy atom. The van der Waals surface area contributed by atoms with Crippen molar-refractivity contribution in [3.05, 3.63) is 36.3 Å². The SMILES string of the molecule is C=C/C(=C\C(F)=C/CC)NC(N)=O. The Bertz CT molecular complexity index is 256. The van der Waals surface area contributed by atoms with Crippen LogP contribution in [0.2, 0.25) is 0 Å². The minimum Gasteiger partial charge on any atom is -0.351 e. The highest BCUT2D eigenvalue weighted by Crippen LogP contribution is 2.03. The van der Waals surface area contributed by atoms with Crippen LogP contribution in [0.3, 0.4) is 0 Å². The standard InChI is InChI=1S/C9H13FN2O/c1-3-5-7(10)6-8(4-2)12-9(11)13/h4-6H,2-3H2,1H3,(H3,11,12,13)/b7-5+,8-6+. The maximum Gasteiger partial charge on any atom is 0.316 e. The van der Waals surface area contributed by atoms with Crippen LogP contribution in [0.25, 0.3) is 0 Å². The number of rotatable bonds is 4. The quantitative estimate of drug-likeness (QED) is 0.645. The third-order valence-corrected chi connectivity index (χ3v) is 1.18. The number of urea groups is 1. The predicted molar refractivity (Wildman–Crippen MR) is 50.5 cm³/mol. The predicted octanol–water partition coefficient (Wildman–Crippen LogP) is 1.99. The van der Waals surface area contributed by atoms with E-state index in [-0.39, 0.29) is 5.70 Å². The van der Waals surface area contributed by atoms with E-state index < -0.39 is 11.9 Å². The first-order chi connectivity index (χ1) is 6.10. The Labute approximate surface area is 76.8 Å². The summed E-state index contributed by atoms with van der Waals surface area (Å²) in [4.78, 5) is 10.4. The van der Waals surface area contributed by atoms with Crippen LogP contribution in [-0.2, 0) is 0 Å². The van der Waals surface area contributed by atoms with Gasteiger partial charge >= 0.3 is 6.03 Å². The molecule has 0 aliphatic rings. The number of primary amides is 1. The first-order valence-electron chi connectivity index (χ1n) is 3.86. The summed E-state index contributed by atoms with van der Waals surface area (Å²) >= 11 is 0. The Hall–Kier alpha value is -1.58. The minimum absolute atomic E-state index is 0.245. The van der Waals surface area contributed by atoms with Gasteiger partial charge in [0.05, 0.1) is 0 Å². The molecule has 0 bridgehead atoms. The van der Waals surface area contributed by atoms with Gasteiger partial charge in [-0.15, -0.1) is 0 Å². The van der Waals surface area contributed by atoms with Gasteiger partial charge < -0.3 is 11.1 Å². The fourth-order valence-electron chi connectivity index (χ4n) is 0.691. The van der Waals surface area contributed by atoms with E-state index in [0.29, 0.717) is 6.42 Å². The van der Waals surface area contributed by atoms with E-state index in [1.165, 1.54) is 12.2 Å². The van der Waals surface area contributed by atoms with Crippen molar-refractivity contribution in [2.75, 3.05) is 0 Å². The lowest BCUT2D eigenvalue weighted by atomic mass is 10.3. The van der Waals surface area contributed by atoms with Crippen LogP contribution in [0.5, 0.6) is 0 Å². The van der Waals surface area contributed by atoms with Gasteiger partial charge in [-0.05, 0) is 24.6 Å². The fraction of sp³-hybridized carbons (Fsp3) is 0.222. The Kier molecular flexibility index (Phi) is 5.27. The number of halogens is 1. The van der Waals surface area contributed by atoms with Crippen molar-refractivity contribution >= 4 is 6.03 Å². The summed E-state index contributed by atoms with van der Waals surface area (Å²) in [6.07, 6.45) is 4.44. The zero-order chi connectivity index (χ0) is 10.3. The van der Waals surface area contributed by atoms with E-state index >= 15 is 0 Å². The highest BCUT2D eigenvalue weighted by molar-refractivity contribution is 5.74. The van der Waals surface area contributed by atoms with Gasteiger partial charge in [0.1, 0.15) is 5.83 Å². The average molecular weight is 184 g/mol. The lowest BCUT2D eigenvalue weighted by Gasteiger charge is -2.00. The topological polar surface area (TPSA) is 55.1 Å². The smallest absolute Gasteiger partial charge is 0.316 e. The van der Waals surface area contributed by atoms with Gasteiger partial charge in [0.2, 0.25) is 0 Å². The molecule has 0 aromatic rings. The highest BCUT2D eigenvalue weighted by atomic mass is 19.1. The van der Waals surface area contributed by atoms with Crippen LogP contribution in [0.15, 0.2) is 36.3 Å². The van der Waals surface area contributed by atoms with Gasteiger partial charge in [-0.3, -0.25) is 0 Å². The molecule has 0 aliphatic heterocycles. The molecule has 0 saturated heterocycles. The summed E-state index contributed by atoms with van der Waals surface area (Å²) in [5.41, 5.74) is 5.08. The van der Waals surface area contributed by atoms with Crippen molar-refractivity contribution in [1.82, 2.24) is 5.32 Å². The Morgan fingerprint density at radius 1 is 1.69 bits per heavy atom. The Morgan fingerprint density at radius 2 is 2.31 bits per heavy atom. The third-order valence-electron chi connectivity index (χ3n) is 1.18. The van der Waals surface area contributed by atoms with Crippen molar-refractivity contribution in [2.24, 2.45) is 5.73 Å². The molecule has 4 heteroatoms. The molecular formula is C9H13FN2O. The van der Waals surface area contributed by atoms with Crippen molar-refractivity contribution in [2.45, 2.75) is 13.3 Å². The maximum absolute atomic E-state index is 12.8. The number of allylic oxidation sites excluding steroid dienone is 4. The zero-order valence-electron chi connectivity index (χ0n) is 7.51. The molecule has 72 valence electrons. The number of nitrogens with one attached hydrogen (secondary N) is 1. The lowest BCUT2D eigenvalue weighted by molar-refractivity contribution is 0.251. The van der Waals surface area contributed by atoms with Crippen molar-refractivity contribution in [1.29, 1.82) is 0 Å². The van der Waals surface area contributed by atoms with E-state index in [4.69, 9.17) is 5.73 Å². The van der Waals surface area contributed by atoms with Crippen LogP contribution in [-0.4, -0.2) is 6.03 Å². The van der Waals surface area contributed by atoms with Crippen LogP contribution in [0.4, 0.5) is 9.18 Å². The second kappa shape index (κ2) is 5.99. The summed E-state index contributed by atoms with van der Waals surface area (Å²) < 4.78 is 12.8. The third kappa shape index (κ3) is 5.66. The number of amides is 2. The first-order valence-corrected chi connectivity index (χ1v) is 3.86. The first kappa shape index (κ1) is 11.4. The molecule has 0 aliphatic carbocycles. The summed E-state index contributed by atoms with van der Waals surface area (Å²) in [6.45, 7) is 5.20. The monoisotopic (exact) mass is 184 g/mol. The molecule has 3 N–H and O–H groups in total. The molecule has 0 unspecified atom stereocenters. The van der Waals surface area contributed by atoms with Gasteiger partial charge in [-0.1, -0.05) is 13.5 Å². The van der Waals surface area contributed by atoms with Gasteiger partial charge in [0, 0.05) is 5.70 Å². The molecular weight excluding hydrogens is 171 g/mol. The number of carbonyl (C=O) groups excluding carboxylic acids is 1. The van der Waals surface area contributed by atoms with Crippen LogP contribution < -0.4 is 11.1 Å². The normalized spacial score (nSPS) is 12.5. The van der Waals surface area contributed by atoms with E-state index in [2.05, 4.69) is 11.9 Å². The summed E-state index contributed by atoms with van der Waals surface area (Å²) in [7, 11) is 0. The van der Waals surface area contributed by atoms with Crippen LogP contribution >= 0.6 is 0 Å². The van der Waals surface area contributed by atoms with E-state index in [0.717, 1.165) is 6.08 Å². The van der Waals surface area contributed by atoms with Crippen LogP contribution in [0, 0.1) is 0 Å². The second-order valence-corrected chi connectivity index (χ2v) is 2.29. The number of hydrogen-bond donors (Lipinski definition) is 2. The maximum atomic E-state index is 12.8. The van der Waals surface area contributed by atoms with E-state index in [1.807, 2.05) is 6.92 Å². The van der Waals surface area contributed by atoms with Gasteiger partial charge in [-0.25, -0.2) is 9.18 Å². The molecule has 0 rings (SSSR count). The van der Waals surface area contributed by atoms with Crippen LogP contribution in [0.1, 0.15) is 13.3 Å². The molecule has 0 atom stereocenters. The number of carbonyl (C=O) groups is 1. The molecule has 0 aromatic carbocycles. The molecule has 0 spiro atoms. The van der Waals surface area contributed by atoms with Gasteiger partial charge in [0.15, 0.2) is 0 Å². The fourth-order valence-corrected chi connectivity index (χ4v) is 0.691. The van der Waals surface area contributed by atoms with Crippen molar-refractivity contribution in [3.63, 3.8) is 0 Å². The largest absolute Gasteiger partial charge is 0.351 e. The number of hydrogen-bond acceptors (Lipinski definition) is 1. The van der Waals surface area contributed by atoms with E-state index in [1.54, 1.807) is 0 Å². The summed E-state index contributed by atoms with van der Waals surface area (Å²) in [5.74, 6) is -0.425. The highest BCUT2D eigenvalue weighted by Gasteiger charge is 1.96. The summed E-state index contributed by atoms with van der Waals surface area (Å²) in [5, 5.41) is 2.22. The van der Waals surface area contributed by atoms with Crippen molar-refractivity contribution in [3.8, 4) is 0 Å². The molecule has 3 nitrogen and oxygen atoms in total. The molecule has 0 radical (unpaired) electrons. The van der Waals surface area contributed by atoms with Gasteiger partial charge in [-0.2, -0.15) is 0 Å². The summed E-state index contributed by atoms with van der Waals surface area (Å²) in [6, 6.07) is -0.740. The molecule has 0 saturated carbocycles. The molecule has 0 aromatic heterocycles. The zero-order valence-corrected chi connectivity index (χ0v) is 7.51. The second-order valence-electron chi connectivity index (χ2n) is 2.29.